The molecule has 0 amide bonds. The Balaban J connectivity index is 1.62. The van der Waals surface area contributed by atoms with Gasteiger partial charge in [-0.05, 0) is 56.7 Å². The van der Waals surface area contributed by atoms with Crippen LogP contribution in [0.1, 0.15) is 60.7 Å². The molecule has 1 aromatic carbocycles. The summed E-state index contributed by atoms with van der Waals surface area (Å²) in [5, 5.41) is 4.23. The number of fused-ring (bicyclic) bond motifs is 1. The van der Waals surface area contributed by atoms with Gasteiger partial charge in [-0.1, -0.05) is 25.5 Å². The van der Waals surface area contributed by atoms with Gasteiger partial charge in [0.1, 0.15) is 33.7 Å². The number of thiophene rings is 1. The van der Waals surface area contributed by atoms with Crippen molar-refractivity contribution in [1.82, 2.24) is 9.97 Å². The smallest absolute Gasteiger partial charge is 0.348 e. The maximum atomic E-state index is 12.8. The van der Waals surface area contributed by atoms with E-state index in [0.717, 1.165) is 59.3 Å². The van der Waals surface area contributed by atoms with Crippen molar-refractivity contribution in [3.63, 3.8) is 0 Å². The lowest BCUT2D eigenvalue weighted by Crippen LogP contribution is -2.20. The van der Waals surface area contributed by atoms with E-state index >= 15 is 0 Å². The first-order valence-corrected chi connectivity index (χ1v) is 11.4. The van der Waals surface area contributed by atoms with E-state index in [4.69, 9.17) is 9.47 Å². The quantitative estimate of drug-likeness (QED) is 0.467. The molecule has 1 aliphatic rings. The van der Waals surface area contributed by atoms with Gasteiger partial charge in [0.15, 0.2) is 0 Å². The van der Waals surface area contributed by atoms with Gasteiger partial charge in [-0.2, -0.15) is 0 Å². The third-order valence-corrected chi connectivity index (χ3v) is 6.52. The van der Waals surface area contributed by atoms with E-state index < -0.39 is 0 Å². The third kappa shape index (κ3) is 4.41. The molecule has 2 aromatic heterocycles. The van der Waals surface area contributed by atoms with Crippen LogP contribution in [0, 0.1) is 6.92 Å². The lowest BCUT2D eigenvalue weighted by Gasteiger charge is -2.21. The molecule has 158 valence electrons. The number of aromatic nitrogens is 2. The lowest BCUT2D eigenvalue weighted by atomic mass is 9.98. The highest BCUT2D eigenvalue weighted by Crippen LogP contribution is 2.37. The number of ether oxygens (including phenoxy) is 2. The average molecular weight is 426 g/mol. The molecule has 0 aliphatic heterocycles. The number of anilines is 2. The maximum absolute atomic E-state index is 12.8. The molecular weight excluding hydrogens is 398 g/mol. The van der Waals surface area contributed by atoms with Crippen LogP contribution in [-0.2, 0) is 4.74 Å². The van der Waals surface area contributed by atoms with Gasteiger partial charge >= 0.3 is 5.97 Å². The summed E-state index contributed by atoms with van der Waals surface area (Å²) in [4.78, 5) is 23.1. The summed E-state index contributed by atoms with van der Waals surface area (Å²) < 4.78 is 11.6. The molecular formula is C23H27N3O3S. The van der Waals surface area contributed by atoms with Gasteiger partial charge in [0.25, 0.3) is 0 Å². The molecule has 1 N–H and O–H groups in total. The van der Waals surface area contributed by atoms with Crippen LogP contribution < -0.4 is 10.1 Å². The summed E-state index contributed by atoms with van der Waals surface area (Å²) in [6.45, 7) is 4.66. The van der Waals surface area contributed by atoms with Crippen LogP contribution in [0.15, 0.2) is 30.6 Å². The minimum absolute atomic E-state index is 0.0298. The van der Waals surface area contributed by atoms with Gasteiger partial charge in [0, 0.05) is 0 Å². The highest BCUT2D eigenvalue weighted by Gasteiger charge is 2.24. The second-order valence-electron chi connectivity index (χ2n) is 7.59. The molecule has 0 saturated heterocycles. The van der Waals surface area contributed by atoms with Gasteiger partial charge in [0.05, 0.1) is 17.7 Å². The molecule has 30 heavy (non-hydrogen) atoms. The first-order valence-electron chi connectivity index (χ1n) is 10.6. The number of rotatable bonds is 7. The number of esters is 1. The SMILES string of the molecule is CCCOc1ccccc1Nc1ncnc2sc(C(=O)OC3CCCCC3)c(C)c12. The van der Waals surface area contributed by atoms with Gasteiger partial charge in [-0.15, -0.1) is 11.3 Å². The Bertz CT molecular complexity index is 1030. The highest BCUT2D eigenvalue weighted by molar-refractivity contribution is 7.20. The summed E-state index contributed by atoms with van der Waals surface area (Å²) in [5.41, 5.74) is 1.69. The molecule has 1 saturated carbocycles. The minimum atomic E-state index is -0.250. The summed E-state index contributed by atoms with van der Waals surface area (Å²) in [6, 6.07) is 7.79. The van der Waals surface area contributed by atoms with Crippen molar-refractivity contribution < 1.29 is 14.3 Å². The zero-order valence-corrected chi connectivity index (χ0v) is 18.3. The van der Waals surface area contributed by atoms with Crippen molar-refractivity contribution in [3.8, 4) is 5.75 Å². The zero-order valence-electron chi connectivity index (χ0n) is 17.4. The van der Waals surface area contributed by atoms with Crippen LogP contribution in [0.3, 0.4) is 0 Å². The second-order valence-corrected chi connectivity index (χ2v) is 8.59. The van der Waals surface area contributed by atoms with Crippen LogP contribution in [0.25, 0.3) is 10.2 Å². The fourth-order valence-corrected chi connectivity index (χ4v) is 4.82. The number of carbonyl (C=O) groups is 1. The number of benzene rings is 1. The topological polar surface area (TPSA) is 73.3 Å². The summed E-state index contributed by atoms with van der Waals surface area (Å²) in [7, 11) is 0. The van der Waals surface area contributed by atoms with Crippen molar-refractivity contribution in [3.05, 3.63) is 41.0 Å². The number of hydrogen-bond donors (Lipinski definition) is 1. The van der Waals surface area contributed by atoms with Crippen LogP contribution in [0.5, 0.6) is 5.75 Å². The average Bonchev–Trinajstić information content (AvgIpc) is 3.11. The van der Waals surface area contributed by atoms with Crippen molar-refractivity contribution >= 4 is 39.0 Å². The molecule has 7 heteroatoms. The monoisotopic (exact) mass is 425 g/mol. The molecule has 0 unspecified atom stereocenters. The maximum Gasteiger partial charge on any atom is 0.348 e. The Morgan fingerprint density at radius 2 is 2.00 bits per heavy atom. The Morgan fingerprint density at radius 3 is 2.80 bits per heavy atom. The van der Waals surface area contributed by atoms with Crippen LogP contribution in [0.4, 0.5) is 11.5 Å². The predicted octanol–water partition coefficient (Wildman–Crippen LogP) is 6.02. The van der Waals surface area contributed by atoms with E-state index in [2.05, 4.69) is 22.2 Å². The molecule has 0 atom stereocenters. The molecule has 1 fully saturated rings. The molecule has 1 aliphatic carbocycles. The van der Waals surface area contributed by atoms with Gasteiger partial charge in [-0.25, -0.2) is 14.8 Å². The molecule has 0 radical (unpaired) electrons. The van der Waals surface area contributed by atoms with E-state index in [-0.39, 0.29) is 12.1 Å². The Labute approximate surface area is 180 Å². The Morgan fingerprint density at radius 1 is 1.20 bits per heavy atom. The van der Waals surface area contributed by atoms with Crippen molar-refractivity contribution in [2.45, 2.75) is 58.5 Å². The van der Waals surface area contributed by atoms with Crippen molar-refractivity contribution in [2.75, 3.05) is 11.9 Å². The molecule has 6 nitrogen and oxygen atoms in total. The summed E-state index contributed by atoms with van der Waals surface area (Å²) >= 11 is 1.37. The first kappa shape index (κ1) is 20.6. The van der Waals surface area contributed by atoms with Crippen molar-refractivity contribution in [2.24, 2.45) is 0 Å². The lowest BCUT2D eigenvalue weighted by molar-refractivity contribution is 0.0216. The number of hydrogen-bond acceptors (Lipinski definition) is 7. The van der Waals surface area contributed by atoms with E-state index in [1.165, 1.54) is 24.1 Å². The molecule has 4 rings (SSSR count). The molecule has 0 spiro atoms. The van der Waals surface area contributed by atoms with E-state index in [9.17, 15) is 4.79 Å². The van der Waals surface area contributed by atoms with E-state index in [1.54, 1.807) is 0 Å². The fraction of sp³-hybridized carbons (Fsp3) is 0.435. The second kappa shape index (κ2) is 9.43. The Kier molecular flexibility index (Phi) is 6.47. The van der Waals surface area contributed by atoms with Gasteiger partial charge in [0.2, 0.25) is 0 Å². The number of nitrogens with zero attached hydrogens (tertiary/aromatic N) is 2. The largest absolute Gasteiger partial charge is 0.491 e. The summed E-state index contributed by atoms with van der Waals surface area (Å²) in [5.74, 6) is 1.19. The van der Waals surface area contributed by atoms with E-state index in [1.807, 2.05) is 31.2 Å². The zero-order chi connectivity index (χ0) is 20.9. The van der Waals surface area contributed by atoms with Crippen LogP contribution >= 0.6 is 11.3 Å². The summed E-state index contributed by atoms with van der Waals surface area (Å²) in [6.07, 6.45) is 7.87. The third-order valence-electron chi connectivity index (χ3n) is 5.34. The standard InChI is InChI=1S/C23H27N3O3S/c1-3-13-28-18-12-8-7-11-17(18)26-21-19-15(2)20(30-22(19)25-14-24-21)23(27)29-16-9-5-4-6-10-16/h7-8,11-12,14,16H,3-6,9-10,13H2,1-2H3,(H,24,25,26). The number of nitrogens with one attached hydrogen (secondary N) is 1. The van der Waals surface area contributed by atoms with Crippen LogP contribution in [0.2, 0.25) is 0 Å². The highest BCUT2D eigenvalue weighted by atomic mass is 32.1. The van der Waals surface area contributed by atoms with Crippen LogP contribution in [-0.4, -0.2) is 28.6 Å². The van der Waals surface area contributed by atoms with Crippen molar-refractivity contribution in [1.29, 1.82) is 0 Å². The molecule has 0 bridgehead atoms. The Hall–Kier alpha value is -2.67. The molecule has 2 heterocycles. The minimum Gasteiger partial charge on any atom is -0.491 e. The predicted molar refractivity (Wildman–Crippen MR) is 120 cm³/mol. The normalized spacial score (nSPS) is 14.6. The van der Waals surface area contributed by atoms with Gasteiger partial charge < -0.3 is 14.8 Å². The van der Waals surface area contributed by atoms with Gasteiger partial charge in [-0.3, -0.25) is 0 Å². The number of para-hydroxylation sites is 2. The fourth-order valence-electron chi connectivity index (χ4n) is 3.78. The number of aryl methyl sites for hydroxylation is 1. The first-order chi connectivity index (χ1) is 14.7. The van der Waals surface area contributed by atoms with E-state index in [0.29, 0.717) is 17.3 Å². The molecule has 3 aromatic rings. The number of carbonyl (C=O) groups excluding carboxylic acids is 1.